The van der Waals surface area contributed by atoms with Gasteiger partial charge in [0.15, 0.2) is 12.0 Å². The lowest BCUT2D eigenvalue weighted by Gasteiger charge is -2.06. The van der Waals surface area contributed by atoms with Crippen LogP contribution in [0.2, 0.25) is 0 Å². The number of carbonyl (C=O) groups excluding carboxylic acids is 1. The van der Waals surface area contributed by atoms with Crippen molar-refractivity contribution in [2.24, 2.45) is 10.7 Å². The Morgan fingerprint density at radius 2 is 1.94 bits per heavy atom. The molecule has 0 saturated heterocycles. The fourth-order valence-electron chi connectivity index (χ4n) is 1.47. The number of hydrogen-bond acceptors (Lipinski definition) is 3. The van der Waals surface area contributed by atoms with Crippen molar-refractivity contribution in [3.63, 3.8) is 0 Å². The highest BCUT2D eigenvalue weighted by Gasteiger charge is 2.26. The lowest BCUT2D eigenvalue weighted by Crippen LogP contribution is -2.31. The molecule has 16 heavy (non-hydrogen) atoms. The van der Waals surface area contributed by atoms with Crippen LogP contribution in [0.3, 0.4) is 0 Å². The first-order chi connectivity index (χ1) is 7.58. The number of guanidine groups is 1. The summed E-state index contributed by atoms with van der Waals surface area (Å²) in [5, 5.41) is 2.34. The van der Waals surface area contributed by atoms with Crippen molar-refractivity contribution in [2.45, 2.75) is 12.5 Å². The number of benzene rings is 1. The maximum absolute atomic E-state index is 12.3. The van der Waals surface area contributed by atoms with E-state index in [-0.39, 0.29) is 17.4 Å². The van der Waals surface area contributed by atoms with Crippen LogP contribution in [-0.4, -0.2) is 11.9 Å². The maximum Gasteiger partial charge on any atom is 0.263 e. The van der Waals surface area contributed by atoms with Crippen molar-refractivity contribution in [3.8, 4) is 0 Å². The van der Waals surface area contributed by atoms with Crippen molar-refractivity contribution in [1.29, 1.82) is 0 Å². The lowest BCUT2D eigenvalue weighted by atomic mass is 10.1. The number of halogens is 2. The topological polar surface area (TPSA) is 67.5 Å². The molecule has 6 heteroatoms. The van der Waals surface area contributed by atoms with E-state index in [9.17, 15) is 13.6 Å². The van der Waals surface area contributed by atoms with Crippen LogP contribution in [-0.2, 0) is 4.79 Å². The van der Waals surface area contributed by atoms with Gasteiger partial charge in [-0.2, -0.15) is 0 Å². The molecule has 2 rings (SSSR count). The van der Waals surface area contributed by atoms with E-state index in [0.29, 0.717) is 5.56 Å². The molecular weight excluding hydrogens is 216 g/mol. The third-order valence-electron chi connectivity index (χ3n) is 2.27. The first-order valence-corrected chi connectivity index (χ1v) is 4.60. The highest BCUT2D eigenvalue weighted by atomic mass is 19.3. The van der Waals surface area contributed by atoms with Crippen molar-refractivity contribution in [1.82, 2.24) is 5.32 Å². The molecule has 0 fully saturated rings. The summed E-state index contributed by atoms with van der Waals surface area (Å²) in [7, 11) is 0. The second kappa shape index (κ2) is 3.88. The van der Waals surface area contributed by atoms with Crippen LogP contribution in [0, 0.1) is 0 Å². The summed E-state index contributed by atoms with van der Waals surface area (Å²) >= 11 is 0. The molecule has 1 unspecified atom stereocenters. The van der Waals surface area contributed by atoms with Crippen LogP contribution in [0.1, 0.15) is 23.6 Å². The summed E-state index contributed by atoms with van der Waals surface area (Å²) < 4.78 is 24.6. The minimum absolute atomic E-state index is 0.0490. The number of hydrogen-bond donors (Lipinski definition) is 2. The molecule has 84 valence electrons. The van der Waals surface area contributed by atoms with Crippen LogP contribution in [0.4, 0.5) is 8.78 Å². The zero-order chi connectivity index (χ0) is 11.7. The molecule has 1 heterocycles. The molecule has 0 spiro atoms. The molecule has 1 aromatic rings. The van der Waals surface area contributed by atoms with Gasteiger partial charge in [-0.1, -0.05) is 24.3 Å². The number of aliphatic imine (C=N–C) groups is 1. The van der Waals surface area contributed by atoms with Gasteiger partial charge in [0.05, 0.1) is 0 Å². The molecule has 3 N–H and O–H groups in total. The number of rotatable bonds is 2. The average molecular weight is 225 g/mol. The number of nitrogens with two attached hydrogens (primary N) is 1. The second-order valence-electron chi connectivity index (χ2n) is 3.37. The predicted octanol–water partition coefficient (Wildman–Crippen LogP) is 1.11. The Balaban J connectivity index is 2.25. The Morgan fingerprint density at radius 3 is 2.38 bits per heavy atom. The van der Waals surface area contributed by atoms with Gasteiger partial charge in [-0.25, -0.2) is 13.8 Å². The van der Waals surface area contributed by atoms with Crippen LogP contribution < -0.4 is 11.1 Å². The first kappa shape index (κ1) is 10.5. The SMILES string of the molecule is NC1=NC(c2ccc(C(F)F)cc2)C(=O)N1. The smallest absolute Gasteiger partial charge is 0.263 e. The molecule has 1 atom stereocenters. The van der Waals surface area contributed by atoms with Gasteiger partial charge in [0, 0.05) is 5.56 Å². The normalized spacial score (nSPS) is 19.8. The van der Waals surface area contributed by atoms with Gasteiger partial charge in [0.1, 0.15) is 0 Å². The summed E-state index contributed by atoms with van der Waals surface area (Å²) in [5.41, 5.74) is 5.79. The largest absolute Gasteiger partial charge is 0.370 e. The monoisotopic (exact) mass is 225 g/mol. The number of nitrogens with zero attached hydrogens (tertiary/aromatic N) is 1. The van der Waals surface area contributed by atoms with E-state index in [2.05, 4.69) is 10.3 Å². The third-order valence-corrected chi connectivity index (χ3v) is 2.27. The number of carbonyl (C=O) groups is 1. The Bertz CT molecular complexity index is 442. The van der Waals surface area contributed by atoms with E-state index < -0.39 is 12.5 Å². The van der Waals surface area contributed by atoms with Crippen LogP contribution >= 0.6 is 0 Å². The highest BCUT2D eigenvalue weighted by Crippen LogP contribution is 2.24. The molecular formula is C10H9F2N3O. The molecule has 0 aromatic heterocycles. The fourth-order valence-corrected chi connectivity index (χ4v) is 1.47. The Morgan fingerprint density at radius 1 is 1.31 bits per heavy atom. The Kier molecular flexibility index (Phi) is 2.55. The summed E-state index contributed by atoms with van der Waals surface area (Å²) in [6.45, 7) is 0. The van der Waals surface area contributed by atoms with Crippen molar-refractivity contribution < 1.29 is 13.6 Å². The molecule has 0 saturated carbocycles. The van der Waals surface area contributed by atoms with Gasteiger partial charge < -0.3 is 5.73 Å². The number of amides is 1. The molecule has 4 nitrogen and oxygen atoms in total. The van der Waals surface area contributed by atoms with Gasteiger partial charge in [0.25, 0.3) is 12.3 Å². The molecule has 0 aliphatic carbocycles. The Labute approximate surface area is 90.2 Å². The number of alkyl halides is 2. The van der Waals surface area contributed by atoms with E-state index >= 15 is 0 Å². The van der Waals surface area contributed by atoms with Gasteiger partial charge in [-0.05, 0) is 5.56 Å². The lowest BCUT2D eigenvalue weighted by molar-refractivity contribution is -0.120. The number of nitrogens with one attached hydrogen (secondary N) is 1. The summed E-state index contributed by atoms with van der Waals surface area (Å²) in [4.78, 5) is 15.2. The van der Waals surface area contributed by atoms with E-state index in [1.165, 1.54) is 24.3 Å². The fraction of sp³-hybridized carbons (Fsp3) is 0.200. The van der Waals surface area contributed by atoms with E-state index in [1.54, 1.807) is 0 Å². The highest BCUT2D eigenvalue weighted by molar-refractivity contribution is 6.04. The van der Waals surface area contributed by atoms with Gasteiger partial charge in [-0.3, -0.25) is 10.1 Å². The quantitative estimate of drug-likeness (QED) is 0.791. The zero-order valence-corrected chi connectivity index (χ0v) is 8.15. The maximum atomic E-state index is 12.3. The molecule has 1 aliphatic rings. The van der Waals surface area contributed by atoms with E-state index in [0.717, 1.165) is 0 Å². The molecule has 0 radical (unpaired) electrons. The third kappa shape index (κ3) is 1.86. The second-order valence-corrected chi connectivity index (χ2v) is 3.37. The van der Waals surface area contributed by atoms with Crippen molar-refractivity contribution in [3.05, 3.63) is 35.4 Å². The van der Waals surface area contributed by atoms with E-state index in [4.69, 9.17) is 5.73 Å². The molecule has 1 amide bonds. The first-order valence-electron chi connectivity index (χ1n) is 4.60. The molecule has 1 aromatic carbocycles. The zero-order valence-electron chi connectivity index (χ0n) is 8.15. The van der Waals surface area contributed by atoms with Crippen LogP contribution in [0.15, 0.2) is 29.3 Å². The van der Waals surface area contributed by atoms with Gasteiger partial charge in [-0.15, -0.1) is 0 Å². The molecule has 1 aliphatic heterocycles. The van der Waals surface area contributed by atoms with Crippen molar-refractivity contribution in [2.75, 3.05) is 0 Å². The Hall–Kier alpha value is -1.98. The van der Waals surface area contributed by atoms with Gasteiger partial charge >= 0.3 is 0 Å². The predicted molar refractivity (Wildman–Crippen MR) is 53.9 cm³/mol. The van der Waals surface area contributed by atoms with Crippen molar-refractivity contribution >= 4 is 11.9 Å². The van der Waals surface area contributed by atoms with Crippen LogP contribution in [0.5, 0.6) is 0 Å². The molecule has 0 bridgehead atoms. The standard InChI is InChI=1S/C10H9F2N3O/c11-8(12)6-3-1-5(2-4-6)7-9(16)15-10(13)14-7/h1-4,7-8H,(H3,13,14,15,16). The summed E-state index contributed by atoms with van der Waals surface area (Å²) in [6.07, 6.45) is -2.51. The van der Waals surface area contributed by atoms with Gasteiger partial charge in [0.2, 0.25) is 0 Å². The average Bonchev–Trinajstić information content (AvgIpc) is 2.58. The van der Waals surface area contributed by atoms with Crippen LogP contribution in [0.25, 0.3) is 0 Å². The van der Waals surface area contributed by atoms with E-state index in [1.807, 2.05) is 0 Å². The minimum atomic E-state index is -2.51. The minimum Gasteiger partial charge on any atom is -0.370 e. The summed E-state index contributed by atoms with van der Waals surface area (Å²) in [6, 6.07) is 4.72. The summed E-state index contributed by atoms with van der Waals surface area (Å²) in [5.74, 6) is -0.296.